The fraction of sp³-hybridized carbons (Fsp3) is 0.622. The molecule has 2 heterocycles. The van der Waals surface area contributed by atoms with Crippen molar-refractivity contribution in [3.8, 4) is 0 Å². The van der Waals surface area contributed by atoms with Gasteiger partial charge in [-0.2, -0.15) is 0 Å². The van der Waals surface area contributed by atoms with Crippen LogP contribution in [0.3, 0.4) is 0 Å². The second kappa shape index (κ2) is 25.8. The van der Waals surface area contributed by atoms with E-state index in [1.807, 2.05) is 0 Å². The molecule has 2 aliphatic rings. The second-order valence-corrected chi connectivity index (χ2v) is 12.2. The largest absolute Gasteiger partial charge is 0.460 e. The molecule has 17 nitrogen and oxygen atoms in total. The van der Waals surface area contributed by atoms with E-state index >= 15 is 0 Å². The average molecular weight is 764 g/mol. The van der Waals surface area contributed by atoms with Crippen LogP contribution < -0.4 is 10.6 Å². The Bertz CT molecular complexity index is 1400. The first-order chi connectivity index (χ1) is 26.2. The number of nitrogens with one attached hydrogen (secondary N) is 2. The third-order valence-electron chi connectivity index (χ3n) is 7.98. The first-order valence-electron chi connectivity index (χ1n) is 18.2. The van der Waals surface area contributed by atoms with Gasteiger partial charge in [0.25, 0.3) is 11.8 Å². The minimum absolute atomic E-state index is 0.0261. The summed E-state index contributed by atoms with van der Waals surface area (Å²) in [4.78, 5) is 74.7. The van der Waals surface area contributed by atoms with E-state index in [2.05, 4.69) is 17.2 Å². The maximum atomic E-state index is 13.2. The quantitative estimate of drug-likeness (QED) is 0.0497. The van der Waals surface area contributed by atoms with Crippen LogP contribution in [0.15, 0.2) is 30.4 Å². The predicted octanol–water partition coefficient (Wildman–Crippen LogP) is 1.82. The van der Waals surface area contributed by atoms with E-state index in [-0.39, 0.29) is 48.6 Å². The predicted molar refractivity (Wildman–Crippen MR) is 192 cm³/mol. The van der Waals surface area contributed by atoms with Gasteiger partial charge in [0.05, 0.1) is 103 Å². The summed E-state index contributed by atoms with van der Waals surface area (Å²) in [6, 6.07) is 3.52. The van der Waals surface area contributed by atoms with Gasteiger partial charge in [-0.25, -0.2) is 4.79 Å². The van der Waals surface area contributed by atoms with Crippen LogP contribution in [0.25, 0.3) is 0 Å². The van der Waals surface area contributed by atoms with Crippen LogP contribution in [0.2, 0.25) is 0 Å². The summed E-state index contributed by atoms with van der Waals surface area (Å²) in [5.74, 6) is -3.16. The van der Waals surface area contributed by atoms with Gasteiger partial charge >= 0.3 is 5.97 Å². The maximum Gasteiger partial charge on any atom is 0.333 e. The lowest BCUT2D eigenvalue weighted by atomic mass is 10.0. The number of esters is 1. The highest BCUT2D eigenvalue weighted by atomic mass is 16.6. The topological polar surface area (TPSA) is 204 Å². The van der Waals surface area contributed by atoms with Gasteiger partial charge in [0, 0.05) is 25.0 Å². The van der Waals surface area contributed by atoms with Crippen LogP contribution in [-0.2, 0) is 57.1 Å². The number of hydrogen-bond acceptors (Lipinski definition) is 14. The molecule has 0 aromatic heterocycles. The first kappa shape index (κ1) is 44.3. The molecule has 1 saturated heterocycles. The lowest BCUT2D eigenvalue weighted by molar-refractivity contribution is -0.140. The monoisotopic (exact) mass is 763 g/mol. The molecule has 0 spiro atoms. The number of anilines is 1. The summed E-state index contributed by atoms with van der Waals surface area (Å²) in [6.45, 7) is 11.4. The van der Waals surface area contributed by atoms with Gasteiger partial charge < -0.3 is 43.2 Å². The Kier molecular flexibility index (Phi) is 21.2. The second-order valence-electron chi connectivity index (χ2n) is 12.2. The zero-order valence-electron chi connectivity index (χ0n) is 31.0. The number of ether oxygens (including phenoxy) is 8. The minimum Gasteiger partial charge on any atom is -0.460 e. The fourth-order valence-corrected chi connectivity index (χ4v) is 5.24. The molecular formula is C37H53N3O14. The number of amides is 5. The lowest BCUT2D eigenvalue weighted by Crippen LogP contribution is -2.54. The summed E-state index contributed by atoms with van der Waals surface area (Å²) in [6.07, 6.45) is 2.43. The zero-order chi connectivity index (χ0) is 39.0. The van der Waals surface area contributed by atoms with Crippen molar-refractivity contribution in [1.82, 2.24) is 10.2 Å². The maximum absolute atomic E-state index is 13.2. The van der Waals surface area contributed by atoms with Gasteiger partial charge in [0.2, 0.25) is 17.7 Å². The Hall–Kier alpha value is -4.10. The number of unbranched alkanes of at least 4 members (excludes halogenated alkanes) is 2. The van der Waals surface area contributed by atoms with E-state index in [4.69, 9.17) is 37.9 Å². The Morgan fingerprint density at radius 1 is 0.722 bits per heavy atom. The Morgan fingerprint density at radius 2 is 1.24 bits per heavy atom. The molecule has 0 saturated carbocycles. The molecule has 1 fully saturated rings. The average Bonchev–Trinajstić information content (AvgIpc) is 3.40. The van der Waals surface area contributed by atoms with Gasteiger partial charge in [-0.05, 0) is 38.3 Å². The smallest absolute Gasteiger partial charge is 0.333 e. The molecule has 17 heteroatoms. The van der Waals surface area contributed by atoms with Crippen molar-refractivity contribution in [3.05, 3.63) is 41.5 Å². The van der Waals surface area contributed by atoms with Gasteiger partial charge in [-0.1, -0.05) is 19.1 Å². The Labute approximate surface area is 315 Å². The van der Waals surface area contributed by atoms with E-state index < -0.39 is 35.6 Å². The highest BCUT2D eigenvalue weighted by Crippen LogP contribution is 2.32. The normalized spacial score (nSPS) is 15.4. The van der Waals surface area contributed by atoms with Crippen LogP contribution in [-0.4, -0.2) is 146 Å². The molecule has 1 atom stereocenters. The lowest BCUT2D eigenvalue weighted by Gasteiger charge is -2.27. The fourth-order valence-electron chi connectivity index (χ4n) is 5.24. The molecule has 54 heavy (non-hydrogen) atoms. The number of fused-ring (bicyclic) bond motifs is 1. The van der Waals surface area contributed by atoms with Gasteiger partial charge in [0.1, 0.15) is 12.6 Å². The van der Waals surface area contributed by atoms with Gasteiger partial charge in [0.15, 0.2) is 0 Å². The van der Waals surface area contributed by atoms with Crippen molar-refractivity contribution in [3.63, 3.8) is 0 Å². The van der Waals surface area contributed by atoms with Crippen LogP contribution in [0.5, 0.6) is 0 Å². The standard InChI is InChI=1S/C37H53N3O14/c1-27(2)37(46)54-26-25-53-24-23-52-22-21-51-20-19-50-18-17-49-16-15-48-14-13-47-12-5-3-4-9-31(41)38-29-8-6-7-28-33(29)36(45)40(35(28)44)30-10-11-32(42)39-34(30)43/h6-8,30H,1,3-5,9-26H2,2H3,(H,38,41)(H,39,42,43). The number of carbonyl (C=O) groups is 6. The van der Waals surface area contributed by atoms with Gasteiger partial charge in [-0.3, -0.25) is 34.2 Å². The van der Waals surface area contributed by atoms with E-state index in [0.29, 0.717) is 104 Å². The molecule has 1 aromatic carbocycles. The van der Waals surface area contributed by atoms with Crippen molar-refractivity contribution >= 4 is 41.2 Å². The van der Waals surface area contributed by atoms with Crippen molar-refractivity contribution < 1.29 is 66.7 Å². The van der Waals surface area contributed by atoms with E-state index in [1.54, 1.807) is 19.1 Å². The van der Waals surface area contributed by atoms with Crippen LogP contribution in [0, 0.1) is 0 Å². The number of nitrogens with zero attached hydrogens (tertiary/aromatic N) is 1. The molecule has 0 aliphatic carbocycles. The molecular weight excluding hydrogens is 710 g/mol. The van der Waals surface area contributed by atoms with E-state index in [9.17, 15) is 28.8 Å². The summed E-state index contributed by atoms with van der Waals surface area (Å²) in [5.41, 5.74) is 0.727. The Balaban J connectivity index is 1.06. The molecule has 3 rings (SSSR count). The van der Waals surface area contributed by atoms with Crippen molar-refractivity contribution in [2.45, 2.75) is 51.5 Å². The molecule has 1 aromatic rings. The zero-order valence-corrected chi connectivity index (χ0v) is 31.0. The molecule has 2 N–H and O–H groups in total. The van der Waals surface area contributed by atoms with Crippen LogP contribution >= 0.6 is 0 Å². The highest BCUT2D eigenvalue weighted by Gasteiger charge is 2.45. The number of benzene rings is 1. The summed E-state index contributed by atoms with van der Waals surface area (Å²) >= 11 is 0. The van der Waals surface area contributed by atoms with Crippen molar-refractivity contribution in [2.24, 2.45) is 0 Å². The third-order valence-corrected chi connectivity index (χ3v) is 7.98. The number of imide groups is 2. The molecule has 0 radical (unpaired) electrons. The van der Waals surface area contributed by atoms with Crippen molar-refractivity contribution in [1.29, 1.82) is 0 Å². The Morgan fingerprint density at radius 3 is 1.76 bits per heavy atom. The molecule has 0 bridgehead atoms. The molecule has 5 amide bonds. The van der Waals surface area contributed by atoms with Crippen molar-refractivity contribution in [2.75, 3.05) is 104 Å². The third kappa shape index (κ3) is 16.1. The van der Waals surface area contributed by atoms with Crippen LogP contribution in [0.4, 0.5) is 5.69 Å². The van der Waals surface area contributed by atoms with E-state index in [0.717, 1.165) is 17.7 Å². The number of rotatable bonds is 30. The summed E-state index contributed by atoms with van der Waals surface area (Å²) in [7, 11) is 0. The van der Waals surface area contributed by atoms with Crippen LogP contribution in [0.1, 0.15) is 66.2 Å². The molecule has 1 unspecified atom stereocenters. The SMILES string of the molecule is C=C(C)C(=O)OCCOCCOCCOCCOCCOCCOCCOCCCCCC(=O)Nc1cccc2c1C(=O)N(C1CCC(=O)NC1=O)C2=O. The highest BCUT2D eigenvalue weighted by molar-refractivity contribution is 6.26. The molecule has 300 valence electrons. The number of piperidine rings is 1. The summed E-state index contributed by atoms with van der Waals surface area (Å²) in [5, 5.41) is 4.89. The molecule has 2 aliphatic heterocycles. The summed E-state index contributed by atoms with van der Waals surface area (Å²) < 4.78 is 43.1. The van der Waals surface area contributed by atoms with Gasteiger partial charge in [-0.15, -0.1) is 0 Å². The number of hydrogen-bond donors (Lipinski definition) is 2. The van der Waals surface area contributed by atoms with E-state index in [1.165, 1.54) is 6.07 Å². The number of carbonyl (C=O) groups excluding carboxylic acids is 6. The minimum atomic E-state index is -1.08. The first-order valence-corrected chi connectivity index (χ1v) is 18.2.